The van der Waals surface area contributed by atoms with Crippen molar-refractivity contribution < 1.29 is 24.2 Å². The van der Waals surface area contributed by atoms with Crippen molar-refractivity contribution in [3.8, 4) is 5.75 Å². The average Bonchev–Trinajstić information content (AvgIpc) is 2.52. The molecular weight excluding hydrogens is 308 g/mol. The van der Waals surface area contributed by atoms with Crippen LogP contribution in [0.1, 0.15) is 47.1 Å². The summed E-state index contributed by atoms with van der Waals surface area (Å²) in [7, 11) is 0. The zero-order valence-electron chi connectivity index (χ0n) is 13.9. The SMILES string of the molecule is CC(C)(C)OC(=O)c1ccc(C(=O)O)c(OCc2ccccc2)c1. The lowest BCUT2D eigenvalue weighted by Crippen LogP contribution is -2.24. The van der Waals surface area contributed by atoms with E-state index in [2.05, 4.69) is 0 Å². The highest BCUT2D eigenvalue weighted by Gasteiger charge is 2.20. The lowest BCUT2D eigenvalue weighted by Gasteiger charge is -2.20. The van der Waals surface area contributed by atoms with Gasteiger partial charge in [0.2, 0.25) is 0 Å². The Kier molecular flexibility index (Phi) is 5.24. The molecule has 0 heterocycles. The van der Waals surface area contributed by atoms with Gasteiger partial charge >= 0.3 is 11.9 Å². The predicted octanol–water partition coefficient (Wildman–Crippen LogP) is 3.92. The molecule has 2 aromatic carbocycles. The lowest BCUT2D eigenvalue weighted by molar-refractivity contribution is 0.00686. The van der Waals surface area contributed by atoms with Gasteiger partial charge in [-0.25, -0.2) is 9.59 Å². The van der Waals surface area contributed by atoms with Gasteiger partial charge in [0.25, 0.3) is 0 Å². The molecule has 2 rings (SSSR count). The number of aromatic carboxylic acids is 1. The molecule has 0 aromatic heterocycles. The van der Waals surface area contributed by atoms with Crippen LogP contribution in [0.25, 0.3) is 0 Å². The second kappa shape index (κ2) is 7.17. The van der Waals surface area contributed by atoms with Gasteiger partial charge in [-0.05, 0) is 44.5 Å². The standard InChI is InChI=1S/C19H20O5/c1-19(2,3)24-18(22)14-9-10-15(17(20)21)16(11-14)23-12-13-7-5-4-6-8-13/h4-11H,12H2,1-3H3,(H,20,21). The number of benzene rings is 2. The van der Waals surface area contributed by atoms with E-state index in [1.54, 1.807) is 20.8 Å². The molecule has 0 radical (unpaired) electrons. The first kappa shape index (κ1) is 17.5. The van der Waals surface area contributed by atoms with Gasteiger partial charge < -0.3 is 14.6 Å². The molecule has 0 fully saturated rings. The van der Waals surface area contributed by atoms with Crippen LogP contribution in [0.15, 0.2) is 48.5 Å². The van der Waals surface area contributed by atoms with Crippen LogP contribution in [0.3, 0.4) is 0 Å². The summed E-state index contributed by atoms with van der Waals surface area (Å²) in [5, 5.41) is 9.28. The summed E-state index contributed by atoms with van der Waals surface area (Å²) in [6.45, 7) is 5.51. The van der Waals surface area contributed by atoms with Crippen molar-refractivity contribution in [3.05, 3.63) is 65.2 Å². The Balaban J connectivity index is 2.24. The van der Waals surface area contributed by atoms with Gasteiger partial charge in [-0.2, -0.15) is 0 Å². The van der Waals surface area contributed by atoms with E-state index in [9.17, 15) is 14.7 Å². The number of carboxylic acids is 1. The Hall–Kier alpha value is -2.82. The monoisotopic (exact) mass is 328 g/mol. The summed E-state index contributed by atoms with van der Waals surface area (Å²) in [6, 6.07) is 13.5. The highest BCUT2D eigenvalue weighted by Crippen LogP contribution is 2.23. The van der Waals surface area contributed by atoms with E-state index in [0.29, 0.717) is 0 Å². The summed E-state index contributed by atoms with van der Waals surface area (Å²) >= 11 is 0. The molecule has 0 atom stereocenters. The molecule has 0 amide bonds. The third kappa shape index (κ3) is 4.84. The predicted molar refractivity (Wildman–Crippen MR) is 89.3 cm³/mol. The first-order valence-corrected chi connectivity index (χ1v) is 7.54. The smallest absolute Gasteiger partial charge is 0.339 e. The molecule has 1 N–H and O–H groups in total. The number of carbonyl (C=O) groups excluding carboxylic acids is 1. The maximum atomic E-state index is 12.1. The second-order valence-corrected chi connectivity index (χ2v) is 6.29. The number of ether oxygens (including phenoxy) is 2. The first-order chi connectivity index (χ1) is 11.3. The molecule has 5 nitrogen and oxygen atoms in total. The first-order valence-electron chi connectivity index (χ1n) is 7.54. The minimum atomic E-state index is -1.12. The van der Waals surface area contributed by atoms with E-state index in [1.165, 1.54) is 18.2 Å². The van der Waals surface area contributed by atoms with Gasteiger partial charge in [0.05, 0.1) is 5.56 Å². The van der Waals surface area contributed by atoms with Crippen LogP contribution < -0.4 is 4.74 Å². The summed E-state index contributed by atoms with van der Waals surface area (Å²) < 4.78 is 10.9. The molecule has 0 aliphatic carbocycles. The Labute approximate surface area is 140 Å². The van der Waals surface area contributed by atoms with Crippen molar-refractivity contribution in [3.63, 3.8) is 0 Å². The lowest BCUT2D eigenvalue weighted by atomic mass is 10.1. The molecule has 2 aromatic rings. The number of rotatable bonds is 5. The van der Waals surface area contributed by atoms with Gasteiger partial charge in [-0.1, -0.05) is 30.3 Å². The average molecular weight is 328 g/mol. The number of hydrogen-bond donors (Lipinski definition) is 1. The Morgan fingerprint density at radius 2 is 1.71 bits per heavy atom. The maximum Gasteiger partial charge on any atom is 0.339 e. The quantitative estimate of drug-likeness (QED) is 0.842. The van der Waals surface area contributed by atoms with Crippen LogP contribution >= 0.6 is 0 Å². The number of esters is 1. The Bertz CT molecular complexity index is 729. The molecule has 0 saturated carbocycles. The van der Waals surface area contributed by atoms with Gasteiger partial charge in [-0.3, -0.25) is 0 Å². The van der Waals surface area contributed by atoms with E-state index in [-0.39, 0.29) is 23.5 Å². The van der Waals surface area contributed by atoms with Gasteiger partial charge in [-0.15, -0.1) is 0 Å². The fraction of sp³-hybridized carbons (Fsp3) is 0.263. The second-order valence-electron chi connectivity index (χ2n) is 6.29. The Morgan fingerprint density at radius 3 is 2.29 bits per heavy atom. The number of carboxylic acid groups (broad SMARTS) is 1. The minimum absolute atomic E-state index is 0.00163. The molecule has 0 spiro atoms. The molecule has 0 saturated heterocycles. The number of hydrogen-bond acceptors (Lipinski definition) is 4. The third-order valence-electron chi connectivity index (χ3n) is 3.08. The van der Waals surface area contributed by atoms with Crippen LogP contribution in [-0.2, 0) is 11.3 Å². The van der Waals surface area contributed by atoms with Crippen molar-refractivity contribution in [2.24, 2.45) is 0 Å². The van der Waals surface area contributed by atoms with Crippen molar-refractivity contribution in [2.45, 2.75) is 33.0 Å². The zero-order chi connectivity index (χ0) is 17.7. The summed E-state index contributed by atoms with van der Waals surface area (Å²) in [5.74, 6) is -1.51. The van der Waals surface area contributed by atoms with Crippen LogP contribution in [0, 0.1) is 0 Å². The molecular formula is C19H20O5. The van der Waals surface area contributed by atoms with Crippen LogP contribution in [-0.4, -0.2) is 22.6 Å². The zero-order valence-corrected chi connectivity index (χ0v) is 13.9. The topological polar surface area (TPSA) is 72.8 Å². The van der Waals surface area contributed by atoms with Gasteiger partial charge in [0.1, 0.15) is 23.5 Å². The van der Waals surface area contributed by atoms with Crippen LogP contribution in [0.5, 0.6) is 5.75 Å². The highest BCUT2D eigenvalue weighted by molar-refractivity contribution is 5.95. The van der Waals surface area contributed by atoms with Crippen LogP contribution in [0.4, 0.5) is 0 Å². The minimum Gasteiger partial charge on any atom is -0.488 e. The fourth-order valence-electron chi connectivity index (χ4n) is 2.02. The van der Waals surface area contributed by atoms with Gasteiger partial charge in [0, 0.05) is 0 Å². The van der Waals surface area contributed by atoms with Crippen LogP contribution in [0.2, 0.25) is 0 Å². The van der Waals surface area contributed by atoms with Crippen molar-refractivity contribution in [2.75, 3.05) is 0 Å². The molecule has 5 heteroatoms. The highest BCUT2D eigenvalue weighted by atomic mass is 16.6. The van der Waals surface area contributed by atoms with Crippen molar-refractivity contribution >= 4 is 11.9 Å². The van der Waals surface area contributed by atoms with E-state index in [4.69, 9.17) is 9.47 Å². The van der Waals surface area contributed by atoms with E-state index in [0.717, 1.165) is 5.56 Å². The normalized spacial score (nSPS) is 11.0. The van der Waals surface area contributed by atoms with E-state index >= 15 is 0 Å². The van der Waals surface area contributed by atoms with E-state index < -0.39 is 17.5 Å². The third-order valence-corrected chi connectivity index (χ3v) is 3.08. The molecule has 24 heavy (non-hydrogen) atoms. The Morgan fingerprint density at radius 1 is 1.04 bits per heavy atom. The van der Waals surface area contributed by atoms with Crippen molar-refractivity contribution in [1.29, 1.82) is 0 Å². The summed E-state index contributed by atoms with van der Waals surface area (Å²) in [6.07, 6.45) is 0. The molecule has 0 aliphatic rings. The fourth-order valence-corrected chi connectivity index (χ4v) is 2.02. The summed E-state index contributed by atoms with van der Waals surface area (Å²) in [5.41, 5.74) is 0.515. The summed E-state index contributed by atoms with van der Waals surface area (Å²) in [4.78, 5) is 23.5. The molecule has 126 valence electrons. The van der Waals surface area contributed by atoms with E-state index in [1.807, 2.05) is 30.3 Å². The molecule has 0 aliphatic heterocycles. The van der Waals surface area contributed by atoms with Gasteiger partial charge in [0.15, 0.2) is 0 Å². The molecule has 0 bridgehead atoms. The largest absolute Gasteiger partial charge is 0.488 e. The molecule has 0 unspecified atom stereocenters. The van der Waals surface area contributed by atoms with Crippen molar-refractivity contribution in [1.82, 2.24) is 0 Å². The maximum absolute atomic E-state index is 12.1. The number of carbonyl (C=O) groups is 2.